The van der Waals surface area contributed by atoms with Crippen LogP contribution in [0.15, 0.2) is 102 Å². The molecule has 2 aliphatic rings. The lowest BCUT2D eigenvalue weighted by Gasteiger charge is -2.49. The Morgan fingerprint density at radius 3 is 1.91 bits per heavy atom. The summed E-state index contributed by atoms with van der Waals surface area (Å²) in [6, 6.07) is 25.6. The summed E-state index contributed by atoms with van der Waals surface area (Å²) in [7, 11) is 0. The molecule has 44 heavy (non-hydrogen) atoms. The fraction of sp³-hybridized carbons (Fsp3) is 0.294. The highest BCUT2D eigenvalue weighted by molar-refractivity contribution is 8.00. The molecule has 10 heteroatoms. The normalized spacial score (nSPS) is 18.6. The van der Waals surface area contributed by atoms with Gasteiger partial charge in [0.1, 0.15) is 28.8 Å². The Balaban J connectivity index is 1.33. The topological polar surface area (TPSA) is 114 Å². The van der Waals surface area contributed by atoms with Gasteiger partial charge in [0.05, 0.1) is 0 Å². The maximum absolute atomic E-state index is 13.7. The first-order chi connectivity index (χ1) is 21.0. The largest absolute Gasteiger partial charge is 0.448 e. The third-order valence-corrected chi connectivity index (χ3v) is 8.56. The summed E-state index contributed by atoms with van der Waals surface area (Å²) in [4.78, 5) is 54.8. The monoisotopic (exact) mass is 613 g/mol. The van der Waals surface area contributed by atoms with Gasteiger partial charge in [0.15, 0.2) is 6.10 Å². The molecular formula is C34H35N3O6S. The fourth-order valence-corrected chi connectivity index (χ4v) is 6.41. The number of fused-ring (bicyclic) bond motifs is 1. The zero-order chi connectivity index (χ0) is 31.4. The highest BCUT2D eigenvalue weighted by atomic mass is 32.2. The second-order valence-corrected chi connectivity index (χ2v) is 12.7. The number of benzene rings is 3. The molecule has 0 bridgehead atoms. The Kier molecular flexibility index (Phi) is 9.10. The van der Waals surface area contributed by atoms with E-state index in [0.717, 1.165) is 11.1 Å². The van der Waals surface area contributed by atoms with Crippen LogP contribution in [0.2, 0.25) is 0 Å². The predicted molar refractivity (Wildman–Crippen MR) is 167 cm³/mol. The molecule has 2 aliphatic heterocycles. The van der Waals surface area contributed by atoms with Gasteiger partial charge >= 0.3 is 12.1 Å². The minimum Gasteiger partial charge on any atom is -0.448 e. The molecule has 0 aliphatic carbocycles. The number of hydrogen-bond donors (Lipinski definition) is 2. The van der Waals surface area contributed by atoms with Gasteiger partial charge in [0.25, 0.3) is 5.91 Å². The van der Waals surface area contributed by atoms with Crippen LogP contribution >= 0.6 is 11.8 Å². The van der Waals surface area contributed by atoms with Crippen molar-refractivity contribution in [2.45, 2.75) is 56.9 Å². The van der Waals surface area contributed by atoms with Crippen LogP contribution in [0.3, 0.4) is 0 Å². The molecule has 0 saturated carbocycles. The van der Waals surface area contributed by atoms with Crippen molar-refractivity contribution in [3.05, 3.63) is 119 Å². The summed E-state index contributed by atoms with van der Waals surface area (Å²) in [5.41, 5.74) is 2.27. The number of β-lactam (4-membered cyclic amide) rings is 1. The minimum absolute atomic E-state index is 0.188. The molecule has 5 rings (SSSR count). The number of nitrogens with one attached hydrogen (secondary N) is 2. The van der Waals surface area contributed by atoms with E-state index >= 15 is 0 Å². The number of thioether (sulfide) groups is 1. The van der Waals surface area contributed by atoms with Gasteiger partial charge in [0, 0.05) is 5.75 Å². The molecule has 1 fully saturated rings. The van der Waals surface area contributed by atoms with Crippen LogP contribution in [0.1, 0.15) is 56.5 Å². The second-order valence-electron chi connectivity index (χ2n) is 11.6. The quantitative estimate of drug-likeness (QED) is 0.263. The molecule has 3 aromatic carbocycles. The van der Waals surface area contributed by atoms with E-state index in [4.69, 9.17) is 9.47 Å². The van der Waals surface area contributed by atoms with Crippen LogP contribution in [0.25, 0.3) is 0 Å². The Morgan fingerprint density at radius 2 is 1.39 bits per heavy atom. The van der Waals surface area contributed by atoms with Crippen molar-refractivity contribution in [2.24, 2.45) is 0 Å². The average Bonchev–Trinajstić information content (AvgIpc) is 3.01. The molecular weight excluding hydrogens is 578 g/mol. The molecule has 3 atom stereocenters. The summed E-state index contributed by atoms with van der Waals surface area (Å²) in [5, 5.41) is 4.92. The van der Waals surface area contributed by atoms with Crippen LogP contribution in [0.4, 0.5) is 4.79 Å². The van der Waals surface area contributed by atoms with Gasteiger partial charge in [-0.3, -0.25) is 14.5 Å². The van der Waals surface area contributed by atoms with E-state index in [9.17, 15) is 19.2 Å². The van der Waals surface area contributed by atoms with Crippen LogP contribution in [0.5, 0.6) is 0 Å². The number of ether oxygens (including phenoxy) is 2. The number of carbonyl (C=O) groups is 4. The number of amides is 3. The van der Waals surface area contributed by atoms with Crippen LogP contribution in [0, 0.1) is 0 Å². The second kappa shape index (κ2) is 13.0. The Hall–Kier alpha value is -4.57. The van der Waals surface area contributed by atoms with E-state index in [1.807, 2.05) is 60.7 Å². The summed E-state index contributed by atoms with van der Waals surface area (Å²) >= 11 is 1.45. The number of nitrogens with zero attached hydrogens (tertiary/aromatic N) is 1. The molecule has 0 aromatic heterocycles. The van der Waals surface area contributed by atoms with Gasteiger partial charge in [-0.2, -0.15) is 0 Å². The molecule has 2 N–H and O–H groups in total. The van der Waals surface area contributed by atoms with Crippen LogP contribution in [-0.2, 0) is 23.9 Å². The van der Waals surface area contributed by atoms with Crippen LogP contribution < -0.4 is 10.6 Å². The van der Waals surface area contributed by atoms with Crippen molar-refractivity contribution >= 4 is 35.6 Å². The first-order valence-corrected chi connectivity index (χ1v) is 15.4. The number of carbonyl (C=O) groups excluding carboxylic acids is 4. The summed E-state index contributed by atoms with van der Waals surface area (Å²) < 4.78 is 11.5. The van der Waals surface area contributed by atoms with Gasteiger partial charge in [-0.25, -0.2) is 9.59 Å². The molecule has 3 amide bonds. The first-order valence-electron chi connectivity index (χ1n) is 14.3. The number of rotatable bonds is 8. The smallest absolute Gasteiger partial charge is 0.408 e. The van der Waals surface area contributed by atoms with Crippen molar-refractivity contribution in [2.75, 3.05) is 5.75 Å². The van der Waals surface area contributed by atoms with E-state index in [0.29, 0.717) is 16.9 Å². The van der Waals surface area contributed by atoms with Crippen LogP contribution in [-0.4, -0.2) is 51.5 Å². The SMILES string of the molecule is CC1=C(C(=O)OC(c2ccccc2)c2ccccc2)N2C(=O)C(NC(=O)C(NC(=O)OC(C)(C)C)c3ccccc3)C2SC1. The minimum atomic E-state index is -1.10. The van der Waals surface area contributed by atoms with Gasteiger partial charge in [0.2, 0.25) is 5.91 Å². The Labute approximate surface area is 261 Å². The lowest BCUT2D eigenvalue weighted by Crippen LogP contribution is -2.71. The maximum Gasteiger partial charge on any atom is 0.408 e. The van der Waals surface area contributed by atoms with Gasteiger partial charge in [-0.1, -0.05) is 91.0 Å². The molecule has 3 unspecified atom stereocenters. The van der Waals surface area contributed by atoms with Crippen molar-refractivity contribution in [1.82, 2.24) is 15.5 Å². The van der Waals surface area contributed by atoms with Gasteiger partial charge in [-0.05, 0) is 50.0 Å². The molecule has 0 radical (unpaired) electrons. The third kappa shape index (κ3) is 6.81. The summed E-state index contributed by atoms with van der Waals surface area (Å²) in [6.45, 7) is 6.99. The van der Waals surface area contributed by atoms with Crippen molar-refractivity contribution in [1.29, 1.82) is 0 Å². The number of hydrogen-bond acceptors (Lipinski definition) is 7. The van der Waals surface area contributed by atoms with E-state index in [-0.39, 0.29) is 5.70 Å². The van der Waals surface area contributed by atoms with E-state index in [2.05, 4.69) is 10.6 Å². The Bertz CT molecular complexity index is 1520. The first kappa shape index (κ1) is 30.9. The predicted octanol–water partition coefficient (Wildman–Crippen LogP) is 5.26. The molecule has 9 nitrogen and oxygen atoms in total. The Morgan fingerprint density at radius 1 is 0.864 bits per heavy atom. The maximum atomic E-state index is 13.7. The molecule has 3 aromatic rings. The van der Waals surface area contributed by atoms with E-state index in [1.54, 1.807) is 58.0 Å². The number of alkyl carbamates (subject to hydrolysis) is 1. The highest BCUT2D eigenvalue weighted by Crippen LogP contribution is 2.41. The lowest BCUT2D eigenvalue weighted by atomic mass is 10.00. The summed E-state index contributed by atoms with van der Waals surface area (Å²) in [6.07, 6.45) is -1.43. The molecule has 1 saturated heterocycles. The van der Waals surface area contributed by atoms with E-state index in [1.165, 1.54) is 16.7 Å². The van der Waals surface area contributed by atoms with Crippen molar-refractivity contribution in [3.8, 4) is 0 Å². The van der Waals surface area contributed by atoms with Gasteiger partial charge < -0.3 is 20.1 Å². The molecule has 0 spiro atoms. The number of esters is 1. The van der Waals surface area contributed by atoms with Gasteiger partial charge in [-0.15, -0.1) is 11.8 Å². The van der Waals surface area contributed by atoms with Crippen molar-refractivity contribution in [3.63, 3.8) is 0 Å². The zero-order valence-corrected chi connectivity index (χ0v) is 25.8. The average molecular weight is 614 g/mol. The standard InChI is InChI=1S/C34H35N3O6S/c1-21-20-44-31-26(35-29(38)25(22-14-8-5-9-15-22)36-33(41)43-34(2,3)4)30(39)37(31)27(21)32(40)42-28(23-16-10-6-11-17-23)24-18-12-7-13-19-24/h5-19,25-26,28,31H,20H2,1-4H3,(H,35,38)(H,36,41). The zero-order valence-electron chi connectivity index (χ0n) is 25.0. The fourth-order valence-electron chi connectivity index (χ4n) is 5.12. The third-order valence-electron chi connectivity index (χ3n) is 7.14. The van der Waals surface area contributed by atoms with Crippen molar-refractivity contribution < 1.29 is 28.7 Å². The molecule has 2 heterocycles. The van der Waals surface area contributed by atoms with E-state index < -0.39 is 53.0 Å². The lowest BCUT2D eigenvalue weighted by molar-refractivity contribution is -0.154. The molecule has 228 valence electrons. The summed E-state index contributed by atoms with van der Waals surface area (Å²) in [5.74, 6) is -1.13. The highest BCUT2D eigenvalue weighted by Gasteiger charge is 2.54.